The molecular formula is C17H20N2O4S. The van der Waals surface area contributed by atoms with Crippen LogP contribution >= 0.6 is 11.8 Å². The zero-order chi connectivity index (χ0) is 17.5. The van der Waals surface area contributed by atoms with Gasteiger partial charge in [0, 0.05) is 17.2 Å². The average molecular weight is 348 g/mol. The highest BCUT2D eigenvalue weighted by molar-refractivity contribution is 7.99. The summed E-state index contributed by atoms with van der Waals surface area (Å²) in [6.07, 6.45) is 0. The normalized spacial score (nSPS) is 10.5. The number of nitrogens with one attached hydrogen (secondary N) is 1. The summed E-state index contributed by atoms with van der Waals surface area (Å²) in [6.45, 7) is 5.49. The third-order valence-corrected chi connectivity index (χ3v) is 4.30. The number of hydrogen-bond donors (Lipinski definition) is 1. The third kappa shape index (κ3) is 5.13. The fourth-order valence-corrected chi connectivity index (χ4v) is 2.79. The summed E-state index contributed by atoms with van der Waals surface area (Å²) in [7, 11) is 0. The molecule has 0 aliphatic heterocycles. The van der Waals surface area contributed by atoms with E-state index in [9.17, 15) is 9.59 Å². The van der Waals surface area contributed by atoms with Crippen molar-refractivity contribution < 1.29 is 18.8 Å². The first kappa shape index (κ1) is 18.1. The van der Waals surface area contributed by atoms with Gasteiger partial charge < -0.3 is 14.6 Å². The molecule has 0 unspecified atom stereocenters. The van der Waals surface area contributed by atoms with Crippen LogP contribution in [0.3, 0.4) is 0 Å². The number of carbonyl (C=O) groups excluding carboxylic acids is 2. The van der Waals surface area contributed by atoms with Crippen molar-refractivity contribution in [2.24, 2.45) is 0 Å². The van der Waals surface area contributed by atoms with Gasteiger partial charge >= 0.3 is 5.97 Å². The van der Waals surface area contributed by atoms with E-state index in [-0.39, 0.29) is 18.1 Å². The molecule has 0 bridgehead atoms. The maximum absolute atomic E-state index is 11.9. The first-order chi connectivity index (χ1) is 11.5. The van der Waals surface area contributed by atoms with Gasteiger partial charge in [-0.1, -0.05) is 22.9 Å². The number of hydrogen-bond acceptors (Lipinski definition) is 6. The van der Waals surface area contributed by atoms with Crippen molar-refractivity contribution >= 4 is 23.6 Å². The predicted molar refractivity (Wildman–Crippen MR) is 91.2 cm³/mol. The monoisotopic (exact) mass is 348 g/mol. The Bertz CT molecular complexity index is 690. The lowest BCUT2D eigenvalue weighted by Gasteiger charge is -2.06. The summed E-state index contributed by atoms with van der Waals surface area (Å²) in [5.41, 5.74) is 1.94. The SMILES string of the molecule is Cc1ccc(SCCNC(=O)COC(=O)c2c(C)noc2C)cc1. The maximum Gasteiger partial charge on any atom is 0.344 e. The number of nitrogens with zero attached hydrogens (tertiary/aromatic N) is 1. The van der Waals surface area contributed by atoms with E-state index in [1.165, 1.54) is 5.56 Å². The zero-order valence-corrected chi connectivity index (χ0v) is 14.7. The van der Waals surface area contributed by atoms with Crippen LogP contribution in [0.5, 0.6) is 0 Å². The number of thioether (sulfide) groups is 1. The van der Waals surface area contributed by atoms with Gasteiger partial charge in [0.1, 0.15) is 11.3 Å². The van der Waals surface area contributed by atoms with Crippen molar-refractivity contribution in [2.45, 2.75) is 25.7 Å². The van der Waals surface area contributed by atoms with Crippen LogP contribution < -0.4 is 5.32 Å². The van der Waals surface area contributed by atoms with Gasteiger partial charge in [0.2, 0.25) is 0 Å². The molecule has 6 nitrogen and oxygen atoms in total. The van der Waals surface area contributed by atoms with Crippen LogP contribution in [0.2, 0.25) is 0 Å². The van der Waals surface area contributed by atoms with Gasteiger partial charge in [0.25, 0.3) is 5.91 Å². The molecule has 7 heteroatoms. The van der Waals surface area contributed by atoms with Crippen LogP contribution in [0.15, 0.2) is 33.7 Å². The highest BCUT2D eigenvalue weighted by Crippen LogP contribution is 2.17. The van der Waals surface area contributed by atoms with E-state index in [4.69, 9.17) is 9.26 Å². The van der Waals surface area contributed by atoms with Gasteiger partial charge in [-0.25, -0.2) is 4.79 Å². The molecule has 0 spiro atoms. The number of esters is 1. The van der Waals surface area contributed by atoms with Gasteiger partial charge in [-0.2, -0.15) is 0 Å². The van der Waals surface area contributed by atoms with E-state index >= 15 is 0 Å². The summed E-state index contributed by atoms with van der Waals surface area (Å²) >= 11 is 1.65. The zero-order valence-electron chi connectivity index (χ0n) is 13.9. The van der Waals surface area contributed by atoms with Crippen LogP contribution in [0.4, 0.5) is 0 Å². The van der Waals surface area contributed by atoms with Crippen molar-refractivity contribution in [2.75, 3.05) is 18.9 Å². The molecule has 0 atom stereocenters. The van der Waals surface area contributed by atoms with E-state index < -0.39 is 5.97 Å². The summed E-state index contributed by atoms with van der Waals surface area (Å²) in [4.78, 5) is 24.7. The molecule has 1 amide bonds. The summed E-state index contributed by atoms with van der Waals surface area (Å²) in [5.74, 6) is 0.189. The molecule has 2 aromatic rings. The molecule has 0 fully saturated rings. The van der Waals surface area contributed by atoms with Gasteiger partial charge in [0.05, 0.1) is 5.69 Å². The first-order valence-electron chi connectivity index (χ1n) is 7.53. The molecule has 0 saturated carbocycles. The average Bonchev–Trinajstić information content (AvgIpc) is 2.90. The molecule has 0 aliphatic carbocycles. The molecular weight excluding hydrogens is 328 g/mol. The maximum atomic E-state index is 11.9. The van der Waals surface area contributed by atoms with Crippen molar-refractivity contribution in [1.29, 1.82) is 0 Å². The predicted octanol–water partition coefficient (Wildman–Crippen LogP) is 2.67. The van der Waals surface area contributed by atoms with Crippen LogP contribution in [0.25, 0.3) is 0 Å². The van der Waals surface area contributed by atoms with Crippen molar-refractivity contribution in [3.8, 4) is 0 Å². The lowest BCUT2D eigenvalue weighted by Crippen LogP contribution is -2.30. The van der Waals surface area contributed by atoms with E-state index in [2.05, 4.69) is 22.6 Å². The minimum Gasteiger partial charge on any atom is -0.452 e. The summed E-state index contributed by atoms with van der Waals surface area (Å²) in [6, 6.07) is 8.20. The number of amides is 1. The second kappa shape index (κ2) is 8.54. The van der Waals surface area contributed by atoms with E-state index in [1.807, 2.05) is 19.1 Å². The van der Waals surface area contributed by atoms with E-state index in [1.54, 1.807) is 25.6 Å². The second-order valence-electron chi connectivity index (χ2n) is 5.29. The van der Waals surface area contributed by atoms with Crippen LogP contribution in [-0.2, 0) is 9.53 Å². The molecule has 1 aromatic carbocycles. The summed E-state index contributed by atoms with van der Waals surface area (Å²) < 4.78 is 9.88. The molecule has 1 heterocycles. The Hall–Kier alpha value is -2.28. The van der Waals surface area contributed by atoms with Gasteiger partial charge in [-0.3, -0.25) is 4.79 Å². The number of aromatic nitrogens is 1. The fraction of sp³-hybridized carbons (Fsp3) is 0.353. The Balaban J connectivity index is 1.66. The Morgan fingerprint density at radius 3 is 2.54 bits per heavy atom. The molecule has 24 heavy (non-hydrogen) atoms. The van der Waals surface area contributed by atoms with Crippen LogP contribution in [0.1, 0.15) is 27.4 Å². The highest BCUT2D eigenvalue weighted by atomic mass is 32.2. The number of aryl methyl sites for hydroxylation is 3. The standard InChI is InChI=1S/C17H20N2O4S/c1-11-4-6-14(7-5-11)24-9-8-18-15(20)10-22-17(21)16-12(2)19-23-13(16)3/h4-7H,8-10H2,1-3H3,(H,18,20). The molecule has 1 aromatic heterocycles. The topological polar surface area (TPSA) is 81.4 Å². The summed E-state index contributed by atoms with van der Waals surface area (Å²) in [5, 5.41) is 6.40. The third-order valence-electron chi connectivity index (χ3n) is 3.29. The van der Waals surface area contributed by atoms with Crippen molar-refractivity contribution in [3.63, 3.8) is 0 Å². The smallest absolute Gasteiger partial charge is 0.344 e. The molecule has 0 radical (unpaired) electrons. The van der Waals surface area contributed by atoms with E-state index in [0.29, 0.717) is 18.0 Å². The largest absolute Gasteiger partial charge is 0.452 e. The minimum absolute atomic E-state index is 0.276. The Kier molecular flexibility index (Phi) is 6.43. The Morgan fingerprint density at radius 2 is 1.92 bits per heavy atom. The van der Waals surface area contributed by atoms with Crippen molar-refractivity contribution in [1.82, 2.24) is 10.5 Å². The second-order valence-corrected chi connectivity index (χ2v) is 6.46. The number of ether oxygens (including phenoxy) is 1. The van der Waals surface area contributed by atoms with Gasteiger partial charge in [-0.15, -0.1) is 11.8 Å². The van der Waals surface area contributed by atoms with Gasteiger partial charge in [-0.05, 0) is 32.9 Å². The highest BCUT2D eigenvalue weighted by Gasteiger charge is 2.19. The van der Waals surface area contributed by atoms with Crippen LogP contribution in [0, 0.1) is 20.8 Å². The molecule has 128 valence electrons. The number of rotatable bonds is 7. The van der Waals surface area contributed by atoms with Gasteiger partial charge in [0.15, 0.2) is 6.61 Å². The Labute approximate surface area is 144 Å². The Morgan fingerprint density at radius 1 is 1.21 bits per heavy atom. The molecule has 0 aliphatic rings. The minimum atomic E-state index is -0.601. The molecule has 1 N–H and O–H groups in total. The lowest BCUT2D eigenvalue weighted by molar-refractivity contribution is -0.124. The van der Waals surface area contributed by atoms with Crippen molar-refractivity contribution in [3.05, 3.63) is 46.8 Å². The number of benzene rings is 1. The van der Waals surface area contributed by atoms with E-state index in [0.717, 1.165) is 10.6 Å². The fourth-order valence-electron chi connectivity index (χ4n) is 2.02. The first-order valence-corrected chi connectivity index (χ1v) is 8.52. The number of carbonyl (C=O) groups is 2. The molecule has 0 saturated heterocycles. The lowest BCUT2D eigenvalue weighted by atomic mass is 10.2. The van der Waals surface area contributed by atoms with Crippen LogP contribution in [-0.4, -0.2) is 35.9 Å². The quantitative estimate of drug-likeness (QED) is 0.471. The molecule has 2 rings (SSSR count).